The lowest BCUT2D eigenvalue weighted by atomic mass is 10.0. The van der Waals surface area contributed by atoms with E-state index in [1.165, 1.54) is 16.7 Å². The molecule has 0 aliphatic carbocycles. The summed E-state index contributed by atoms with van der Waals surface area (Å²) in [6.45, 7) is 11.3. The molecule has 37 heavy (non-hydrogen) atoms. The van der Waals surface area contributed by atoms with Gasteiger partial charge in [0.1, 0.15) is 0 Å². The van der Waals surface area contributed by atoms with Crippen LogP contribution in [0.25, 0.3) is 33.7 Å². The molecule has 4 aromatic rings. The predicted molar refractivity (Wildman–Crippen MR) is 145 cm³/mol. The number of morpholine rings is 1. The van der Waals surface area contributed by atoms with Crippen LogP contribution in [0, 0.1) is 0 Å². The summed E-state index contributed by atoms with van der Waals surface area (Å²) in [6.07, 6.45) is 0. The van der Waals surface area contributed by atoms with Gasteiger partial charge < -0.3 is 14.5 Å². The average molecular weight is 499 g/mol. The molecule has 0 spiro atoms. The van der Waals surface area contributed by atoms with Crippen molar-refractivity contribution in [3.63, 3.8) is 0 Å². The number of rotatable bonds is 6. The summed E-state index contributed by atoms with van der Waals surface area (Å²) < 4.78 is 7.38. The highest BCUT2D eigenvalue weighted by Gasteiger charge is 2.21. The number of hydrogen-bond donors (Lipinski definition) is 0. The summed E-state index contributed by atoms with van der Waals surface area (Å²) in [5.74, 6) is 1.53. The second-order valence-corrected chi connectivity index (χ2v) is 9.90. The van der Waals surface area contributed by atoms with Gasteiger partial charge in [-0.1, -0.05) is 53.7 Å². The summed E-state index contributed by atoms with van der Waals surface area (Å²) in [5.41, 5.74) is 6.27. The highest BCUT2D eigenvalue weighted by atomic mass is 16.5. The van der Waals surface area contributed by atoms with Crippen molar-refractivity contribution in [1.29, 1.82) is 0 Å². The largest absolute Gasteiger partial charge is 0.378 e. The Balaban J connectivity index is 1.24. The van der Waals surface area contributed by atoms with Gasteiger partial charge >= 0.3 is 0 Å². The molecule has 9 heteroatoms. The van der Waals surface area contributed by atoms with E-state index in [9.17, 15) is 0 Å². The number of piperazine rings is 1. The minimum Gasteiger partial charge on any atom is -0.378 e. The molecule has 2 aromatic heterocycles. The van der Waals surface area contributed by atoms with Gasteiger partial charge in [-0.2, -0.15) is 0 Å². The average Bonchev–Trinajstić information content (AvgIpc) is 3.38. The number of aromatic nitrogens is 5. The molecule has 2 saturated heterocycles. The molecule has 0 N–H and O–H groups in total. The van der Waals surface area contributed by atoms with Crippen molar-refractivity contribution in [1.82, 2.24) is 34.8 Å². The maximum atomic E-state index is 5.55. The standard InChI is InChI=1S/C28H34N8O/c1-3-36-28-25(31-32-36)27(35-16-18-37-19-17-35)29-26(30-28)24-10-8-23(9-11-24)22-6-4-21(5-7-22)20-34-14-12-33(2)13-15-34/h4-11H,3,12-20H2,1-2H3. The Morgan fingerprint density at radius 1 is 0.784 bits per heavy atom. The van der Waals surface area contributed by atoms with E-state index >= 15 is 0 Å². The van der Waals surface area contributed by atoms with Crippen LogP contribution < -0.4 is 4.90 Å². The number of benzene rings is 2. The lowest BCUT2D eigenvalue weighted by molar-refractivity contribution is 0.122. The van der Waals surface area contributed by atoms with E-state index in [2.05, 4.69) is 87.5 Å². The Morgan fingerprint density at radius 2 is 1.43 bits per heavy atom. The van der Waals surface area contributed by atoms with Crippen molar-refractivity contribution in [2.75, 3.05) is 64.4 Å². The maximum Gasteiger partial charge on any atom is 0.184 e. The molecule has 2 aliphatic heterocycles. The summed E-state index contributed by atoms with van der Waals surface area (Å²) in [7, 11) is 2.20. The first-order valence-corrected chi connectivity index (χ1v) is 13.2. The lowest BCUT2D eigenvalue weighted by Gasteiger charge is -2.32. The second kappa shape index (κ2) is 10.5. The number of fused-ring (bicyclic) bond motifs is 1. The molecule has 2 fully saturated rings. The zero-order valence-electron chi connectivity index (χ0n) is 21.7. The lowest BCUT2D eigenvalue weighted by Crippen LogP contribution is -2.43. The van der Waals surface area contributed by atoms with Crippen molar-refractivity contribution >= 4 is 17.0 Å². The van der Waals surface area contributed by atoms with Crippen LogP contribution in [0.2, 0.25) is 0 Å². The topological polar surface area (TPSA) is 75.4 Å². The van der Waals surface area contributed by atoms with Gasteiger partial charge in [-0.05, 0) is 30.7 Å². The van der Waals surface area contributed by atoms with Gasteiger partial charge in [0.15, 0.2) is 22.8 Å². The highest BCUT2D eigenvalue weighted by Crippen LogP contribution is 2.29. The monoisotopic (exact) mass is 498 g/mol. The number of anilines is 1. The fourth-order valence-electron chi connectivity index (χ4n) is 5.06. The quantitative estimate of drug-likeness (QED) is 0.401. The summed E-state index contributed by atoms with van der Waals surface area (Å²) in [5, 5.41) is 8.71. The van der Waals surface area contributed by atoms with Crippen LogP contribution in [0.5, 0.6) is 0 Å². The summed E-state index contributed by atoms with van der Waals surface area (Å²) in [6, 6.07) is 17.5. The van der Waals surface area contributed by atoms with Crippen molar-refractivity contribution in [3.8, 4) is 22.5 Å². The van der Waals surface area contributed by atoms with E-state index in [4.69, 9.17) is 14.7 Å². The maximum absolute atomic E-state index is 5.55. The van der Waals surface area contributed by atoms with Gasteiger partial charge in [-0.25, -0.2) is 14.6 Å². The summed E-state index contributed by atoms with van der Waals surface area (Å²) >= 11 is 0. The van der Waals surface area contributed by atoms with Crippen molar-refractivity contribution in [3.05, 3.63) is 54.1 Å². The van der Waals surface area contributed by atoms with Gasteiger partial charge in [-0.3, -0.25) is 4.90 Å². The number of aryl methyl sites for hydroxylation is 1. The molecule has 6 rings (SSSR count). The van der Waals surface area contributed by atoms with Gasteiger partial charge in [-0.15, -0.1) is 5.10 Å². The number of likely N-dealkylation sites (N-methyl/N-ethyl adjacent to an activating group) is 1. The Bertz CT molecular complexity index is 1340. The molecule has 0 atom stereocenters. The van der Waals surface area contributed by atoms with Gasteiger partial charge in [0, 0.05) is 57.9 Å². The van der Waals surface area contributed by atoms with Crippen LogP contribution in [-0.4, -0.2) is 94.3 Å². The summed E-state index contributed by atoms with van der Waals surface area (Å²) in [4.78, 5) is 17.0. The van der Waals surface area contributed by atoms with Crippen LogP contribution in [0.4, 0.5) is 5.82 Å². The van der Waals surface area contributed by atoms with E-state index in [0.29, 0.717) is 25.6 Å². The number of ether oxygens (including phenoxy) is 1. The third-order valence-corrected chi connectivity index (χ3v) is 7.39. The predicted octanol–water partition coefficient (Wildman–Crippen LogP) is 3.16. The fourth-order valence-corrected chi connectivity index (χ4v) is 5.06. The highest BCUT2D eigenvalue weighted by molar-refractivity contribution is 5.85. The van der Waals surface area contributed by atoms with Crippen LogP contribution in [0.1, 0.15) is 12.5 Å². The number of hydrogen-bond acceptors (Lipinski definition) is 8. The minimum atomic E-state index is 0.686. The molecular weight excluding hydrogens is 464 g/mol. The Labute approximate surface area is 217 Å². The van der Waals surface area contributed by atoms with Crippen LogP contribution in [0.15, 0.2) is 48.5 Å². The first-order chi connectivity index (χ1) is 18.2. The fraction of sp³-hybridized carbons (Fsp3) is 0.429. The molecule has 4 heterocycles. The molecule has 9 nitrogen and oxygen atoms in total. The van der Waals surface area contributed by atoms with E-state index < -0.39 is 0 Å². The third kappa shape index (κ3) is 5.07. The zero-order valence-corrected chi connectivity index (χ0v) is 21.7. The van der Waals surface area contributed by atoms with E-state index in [-0.39, 0.29) is 0 Å². The molecule has 0 saturated carbocycles. The van der Waals surface area contributed by atoms with Crippen LogP contribution in [0.3, 0.4) is 0 Å². The molecule has 0 amide bonds. The van der Waals surface area contributed by atoms with Crippen molar-refractivity contribution in [2.45, 2.75) is 20.0 Å². The SMILES string of the molecule is CCn1nnc2c(N3CCOCC3)nc(-c3ccc(-c4ccc(CN5CCN(C)CC5)cc4)cc3)nc21. The Hall–Kier alpha value is -3.40. The molecule has 2 aliphatic rings. The number of nitrogens with zero attached hydrogens (tertiary/aromatic N) is 8. The van der Waals surface area contributed by atoms with E-state index in [1.54, 1.807) is 0 Å². The first-order valence-electron chi connectivity index (χ1n) is 13.2. The van der Waals surface area contributed by atoms with Gasteiger partial charge in [0.2, 0.25) is 0 Å². The third-order valence-electron chi connectivity index (χ3n) is 7.39. The smallest absolute Gasteiger partial charge is 0.184 e. The molecule has 192 valence electrons. The Morgan fingerprint density at radius 3 is 2.11 bits per heavy atom. The van der Waals surface area contributed by atoms with E-state index in [1.807, 2.05) is 4.68 Å². The van der Waals surface area contributed by atoms with Crippen molar-refractivity contribution in [2.24, 2.45) is 0 Å². The molecule has 0 radical (unpaired) electrons. The van der Waals surface area contributed by atoms with E-state index in [0.717, 1.165) is 68.4 Å². The van der Waals surface area contributed by atoms with Crippen molar-refractivity contribution < 1.29 is 4.74 Å². The molecule has 0 unspecified atom stereocenters. The van der Waals surface area contributed by atoms with Gasteiger partial charge in [0.05, 0.1) is 13.2 Å². The molecular formula is C28H34N8O. The van der Waals surface area contributed by atoms with Crippen LogP contribution >= 0.6 is 0 Å². The second-order valence-electron chi connectivity index (χ2n) is 9.90. The first kappa shape index (κ1) is 24.0. The van der Waals surface area contributed by atoms with Crippen LogP contribution in [-0.2, 0) is 17.8 Å². The normalized spacial score (nSPS) is 17.5. The minimum absolute atomic E-state index is 0.686. The van der Waals surface area contributed by atoms with Gasteiger partial charge in [0.25, 0.3) is 0 Å². The Kier molecular flexibility index (Phi) is 6.82. The molecule has 2 aromatic carbocycles. The molecule has 0 bridgehead atoms. The zero-order chi connectivity index (χ0) is 25.2.